The first-order valence-electron chi connectivity index (χ1n) is 7.81. The van der Waals surface area contributed by atoms with E-state index in [4.69, 9.17) is 0 Å². The smallest absolute Gasteiger partial charge is 0.185 e. The van der Waals surface area contributed by atoms with E-state index >= 15 is 0 Å². The molecule has 0 aromatic rings. The molecule has 20 heavy (non-hydrogen) atoms. The summed E-state index contributed by atoms with van der Waals surface area (Å²) >= 11 is 1.32. The Balaban J connectivity index is 3.47. The van der Waals surface area contributed by atoms with Crippen molar-refractivity contribution >= 4 is 26.7 Å². The van der Waals surface area contributed by atoms with Gasteiger partial charge in [0.15, 0.2) is 5.12 Å². The van der Waals surface area contributed by atoms with E-state index in [1.807, 2.05) is 0 Å². The Kier molecular flexibility index (Phi) is 12.7. The SMILES string of the molecule is CCCCCCCCS(=O)(=O)CCCCCSC(C)=O. The minimum Gasteiger partial charge on any atom is -0.288 e. The van der Waals surface area contributed by atoms with E-state index in [1.165, 1.54) is 31.0 Å². The molecule has 0 aromatic carbocycles. The maximum absolute atomic E-state index is 11.8. The van der Waals surface area contributed by atoms with Crippen LogP contribution < -0.4 is 0 Å². The average Bonchev–Trinajstić information content (AvgIpc) is 2.37. The first-order valence-corrected chi connectivity index (χ1v) is 10.6. The molecule has 0 spiro atoms. The van der Waals surface area contributed by atoms with E-state index in [2.05, 4.69) is 6.92 Å². The lowest BCUT2D eigenvalue weighted by atomic mass is 10.1. The fourth-order valence-corrected chi connectivity index (χ4v) is 4.15. The third-order valence-electron chi connectivity index (χ3n) is 3.21. The van der Waals surface area contributed by atoms with Gasteiger partial charge in [0.05, 0.1) is 11.5 Å². The molecule has 0 aliphatic carbocycles. The summed E-state index contributed by atoms with van der Waals surface area (Å²) in [5.74, 6) is 1.47. The fourth-order valence-electron chi connectivity index (χ4n) is 2.02. The molecule has 0 bridgehead atoms. The highest BCUT2D eigenvalue weighted by atomic mass is 32.2. The minimum atomic E-state index is -2.85. The molecule has 0 saturated heterocycles. The van der Waals surface area contributed by atoms with Gasteiger partial charge in [-0.3, -0.25) is 4.79 Å². The molecule has 0 amide bonds. The number of hydrogen-bond acceptors (Lipinski definition) is 4. The van der Waals surface area contributed by atoms with Crippen LogP contribution >= 0.6 is 11.8 Å². The topological polar surface area (TPSA) is 51.2 Å². The van der Waals surface area contributed by atoms with Crippen molar-refractivity contribution in [2.24, 2.45) is 0 Å². The molecule has 0 atom stereocenters. The van der Waals surface area contributed by atoms with E-state index in [0.29, 0.717) is 11.5 Å². The van der Waals surface area contributed by atoms with Crippen molar-refractivity contribution in [2.45, 2.75) is 71.6 Å². The van der Waals surface area contributed by atoms with Crippen molar-refractivity contribution in [1.82, 2.24) is 0 Å². The van der Waals surface area contributed by atoms with Crippen LogP contribution in [0.3, 0.4) is 0 Å². The standard InChI is InChI=1S/C15H30O3S2/c1-3-4-5-6-7-10-13-20(17,18)14-11-8-9-12-19-15(2)16/h3-14H2,1-2H3. The molecule has 0 N–H and O–H groups in total. The second-order valence-electron chi connectivity index (χ2n) is 5.32. The quantitative estimate of drug-likeness (QED) is 0.477. The molecule has 0 heterocycles. The van der Waals surface area contributed by atoms with Crippen LogP contribution in [-0.2, 0) is 14.6 Å². The Morgan fingerprint density at radius 1 is 0.850 bits per heavy atom. The van der Waals surface area contributed by atoms with Crippen LogP contribution in [0.25, 0.3) is 0 Å². The van der Waals surface area contributed by atoms with Gasteiger partial charge in [-0.2, -0.15) is 0 Å². The predicted molar refractivity (Wildman–Crippen MR) is 89.0 cm³/mol. The van der Waals surface area contributed by atoms with E-state index < -0.39 is 9.84 Å². The second-order valence-corrected chi connectivity index (χ2v) is 8.90. The highest BCUT2D eigenvalue weighted by Crippen LogP contribution is 2.10. The highest BCUT2D eigenvalue weighted by Gasteiger charge is 2.09. The summed E-state index contributed by atoms with van der Waals surface area (Å²) in [5, 5.41) is 0.140. The molecule has 0 aliphatic rings. The summed E-state index contributed by atoms with van der Waals surface area (Å²) in [7, 11) is -2.85. The molecule has 0 unspecified atom stereocenters. The van der Waals surface area contributed by atoms with Crippen molar-refractivity contribution in [3.8, 4) is 0 Å². The lowest BCUT2D eigenvalue weighted by Gasteiger charge is -2.04. The molecule has 0 fully saturated rings. The summed E-state index contributed by atoms with van der Waals surface area (Å²) in [5.41, 5.74) is 0. The van der Waals surface area contributed by atoms with E-state index in [9.17, 15) is 13.2 Å². The van der Waals surface area contributed by atoms with Crippen LogP contribution in [0.15, 0.2) is 0 Å². The average molecular weight is 323 g/mol. The number of unbranched alkanes of at least 4 members (excludes halogenated alkanes) is 7. The number of sulfone groups is 1. The molecule has 0 aliphatic heterocycles. The van der Waals surface area contributed by atoms with Gasteiger partial charge >= 0.3 is 0 Å². The van der Waals surface area contributed by atoms with Gasteiger partial charge in [0.2, 0.25) is 0 Å². The van der Waals surface area contributed by atoms with Crippen molar-refractivity contribution in [1.29, 1.82) is 0 Å². The van der Waals surface area contributed by atoms with Crippen LogP contribution in [0, 0.1) is 0 Å². The normalized spacial score (nSPS) is 11.7. The van der Waals surface area contributed by atoms with Crippen LogP contribution in [-0.4, -0.2) is 30.8 Å². The Bertz CT molecular complexity index is 337. The first-order chi connectivity index (χ1) is 9.48. The number of carbonyl (C=O) groups excluding carboxylic acids is 1. The van der Waals surface area contributed by atoms with Crippen LogP contribution in [0.4, 0.5) is 0 Å². The van der Waals surface area contributed by atoms with Crippen molar-refractivity contribution in [2.75, 3.05) is 17.3 Å². The molecule has 0 aromatic heterocycles. The molecular formula is C15H30O3S2. The van der Waals surface area contributed by atoms with E-state index in [0.717, 1.165) is 44.3 Å². The van der Waals surface area contributed by atoms with Gasteiger partial charge in [0, 0.05) is 12.7 Å². The molecule has 0 rings (SSSR count). The van der Waals surface area contributed by atoms with Gasteiger partial charge in [-0.25, -0.2) is 8.42 Å². The Hall–Kier alpha value is -0.0300. The summed E-state index contributed by atoms with van der Waals surface area (Å²) < 4.78 is 23.6. The number of hydrogen-bond donors (Lipinski definition) is 0. The van der Waals surface area contributed by atoms with Gasteiger partial charge in [-0.05, 0) is 19.3 Å². The highest BCUT2D eigenvalue weighted by molar-refractivity contribution is 8.13. The lowest BCUT2D eigenvalue weighted by molar-refractivity contribution is -0.109. The zero-order valence-corrected chi connectivity index (χ0v) is 14.7. The molecule has 0 saturated carbocycles. The van der Waals surface area contributed by atoms with Crippen LogP contribution in [0.5, 0.6) is 0 Å². The monoisotopic (exact) mass is 322 g/mol. The third-order valence-corrected chi connectivity index (χ3v) is 5.93. The van der Waals surface area contributed by atoms with Crippen LogP contribution in [0.2, 0.25) is 0 Å². The molecule has 120 valence electrons. The Morgan fingerprint density at radius 2 is 1.35 bits per heavy atom. The van der Waals surface area contributed by atoms with Gasteiger partial charge < -0.3 is 0 Å². The van der Waals surface area contributed by atoms with Gasteiger partial charge in [-0.1, -0.05) is 57.2 Å². The second kappa shape index (κ2) is 12.7. The zero-order valence-electron chi connectivity index (χ0n) is 13.0. The molecule has 0 radical (unpaired) electrons. The predicted octanol–water partition coefficient (Wildman–Crippen LogP) is 4.21. The summed E-state index contributed by atoms with van der Waals surface area (Å²) in [6.07, 6.45) is 9.27. The van der Waals surface area contributed by atoms with Gasteiger partial charge in [0.1, 0.15) is 9.84 Å². The summed E-state index contributed by atoms with van der Waals surface area (Å²) in [4.78, 5) is 10.7. The van der Waals surface area contributed by atoms with Gasteiger partial charge in [-0.15, -0.1) is 0 Å². The van der Waals surface area contributed by atoms with E-state index in [-0.39, 0.29) is 5.12 Å². The third kappa shape index (κ3) is 14.4. The first kappa shape index (κ1) is 20.0. The Labute approximate surface area is 129 Å². The number of rotatable bonds is 13. The largest absolute Gasteiger partial charge is 0.288 e. The van der Waals surface area contributed by atoms with Gasteiger partial charge in [0.25, 0.3) is 0 Å². The maximum atomic E-state index is 11.8. The fraction of sp³-hybridized carbons (Fsp3) is 0.933. The maximum Gasteiger partial charge on any atom is 0.185 e. The van der Waals surface area contributed by atoms with Crippen molar-refractivity contribution < 1.29 is 13.2 Å². The van der Waals surface area contributed by atoms with Crippen LogP contribution in [0.1, 0.15) is 71.6 Å². The Morgan fingerprint density at radius 3 is 1.90 bits per heavy atom. The molecular weight excluding hydrogens is 292 g/mol. The molecule has 3 nitrogen and oxygen atoms in total. The minimum absolute atomic E-state index is 0.140. The lowest BCUT2D eigenvalue weighted by Crippen LogP contribution is -2.11. The number of carbonyl (C=O) groups is 1. The molecule has 5 heteroatoms. The van der Waals surface area contributed by atoms with Crippen molar-refractivity contribution in [3.05, 3.63) is 0 Å². The summed E-state index contributed by atoms with van der Waals surface area (Å²) in [6, 6.07) is 0. The van der Waals surface area contributed by atoms with E-state index in [1.54, 1.807) is 6.92 Å². The number of thioether (sulfide) groups is 1. The van der Waals surface area contributed by atoms with Crippen molar-refractivity contribution in [3.63, 3.8) is 0 Å². The summed E-state index contributed by atoms with van der Waals surface area (Å²) in [6.45, 7) is 3.75. The zero-order chi connectivity index (χ0) is 15.3.